The maximum Gasteiger partial charge on any atom is 0.204 e. The highest BCUT2D eigenvalue weighted by atomic mass is 16.5. The lowest BCUT2D eigenvalue weighted by atomic mass is 9.88. The van der Waals surface area contributed by atoms with Crippen LogP contribution in [-0.4, -0.2) is 19.8 Å². The molecule has 0 atom stereocenters. The van der Waals surface area contributed by atoms with Crippen molar-refractivity contribution in [3.8, 4) is 17.2 Å². The van der Waals surface area contributed by atoms with Crippen molar-refractivity contribution in [3.63, 3.8) is 0 Å². The summed E-state index contributed by atoms with van der Waals surface area (Å²) in [7, 11) is 0. The fourth-order valence-corrected chi connectivity index (χ4v) is 4.19. The van der Waals surface area contributed by atoms with Gasteiger partial charge in [-0.2, -0.15) is 0 Å². The lowest BCUT2D eigenvalue weighted by Gasteiger charge is -2.26. The topological polar surface area (TPSA) is 27.7 Å². The predicted octanol–water partition coefficient (Wildman–Crippen LogP) is 8.08. The van der Waals surface area contributed by atoms with Gasteiger partial charge in [0.15, 0.2) is 11.5 Å². The van der Waals surface area contributed by atoms with Crippen LogP contribution in [0, 0.1) is 0 Å². The molecule has 0 saturated heterocycles. The van der Waals surface area contributed by atoms with E-state index in [1.54, 1.807) is 0 Å². The summed E-state index contributed by atoms with van der Waals surface area (Å²) < 4.78 is 18.7. The van der Waals surface area contributed by atoms with E-state index in [9.17, 15) is 0 Å². The molecule has 0 aliphatic heterocycles. The number of unbranched alkanes of at least 4 members (excludes halogenated alkanes) is 6. The van der Waals surface area contributed by atoms with Crippen molar-refractivity contribution < 1.29 is 14.2 Å². The van der Waals surface area contributed by atoms with Crippen molar-refractivity contribution in [2.24, 2.45) is 0 Å². The van der Waals surface area contributed by atoms with Gasteiger partial charge in [0.1, 0.15) is 0 Å². The van der Waals surface area contributed by atoms with Gasteiger partial charge in [0.05, 0.1) is 19.8 Å². The molecule has 0 N–H and O–H groups in total. The lowest BCUT2D eigenvalue weighted by molar-refractivity contribution is 0.256. The molecule has 0 fully saturated rings. The maximum absolute atomic E-state index is 6.26. The molecule has 0 saturated carbocycles. The van der Waals surface area contributed by atoms with Gasteiger partial charge in [-0.25, -0.2) is 0 Å². The Kier molecular flexibility index (Phi) is 14.5. The molecule has 0 aliphatic carbocycles. The van der Waals surface area contributed by atoms with E-state index in [1.165, 1.54) is 74.5 Å². The van der Waals surface area contributed by atoms with Crippen molar-refractivity contribution in [2.45, 2.75) is 119 Å². The molecule has 174 valence electrons. The van der Waals surface area contributed by atoms with E-state index in [0.717, 1.165) is 36.5 Å². The van der Waals surface area contributed by atoms with Gasteiger partial charge in [-0.1, -0.05) is 59.3 Å². The first-order valence-corrected chi connectivity index (χ1v) is 12.8. The zero-order chi connectivity index (χ0) is 22.2. The fraction of sp³-hybridized carbons (Fsp3) is 0.778. The van der Waals surface area contributed by atoms with Gasteiger partial charge in [-0.15, -0.1) is 0 Å². The minimum atomic E-state index is 0.623. The number of hydrogen-bond donors (Lipinski definition) is 0. The normalized spacial score (nSPS) is 11.0. The summed E-state index contributed by atoms with van der Waals surface area (Å²) in [5.41, 5.74) is 4.27. The molecule has 0 heterocycles. The van der Waals surface area contributed by atoms with Crippen LogP contribution >= 0.6 is 0 Å². The number of ether oxygens (including phenoxy) is 3. The fourth-order valence-electron chi connectivity index (χ4n) is 4.19. The quantitative estimate of drug-likeness (QED) is 0.225. The van der Waals surface area contributed by atoms with Crippen LogP contribution in [0.2, 0.25) is 0 Å². The SMILES string of the molecule is CCCCCc1c(CCCCC)c(OCC)c(OCC)c(OCC)c1CCCCC. The number of rotatable bonds is 18. The molecular formula is C27H48O3. The van der Waals surface area contributed by atoms with Gasteiger partial charge in [0.2, 0.25) is 5.75 Å². The van der Waals surface area contributed by atoms with Gasteiger partial charge >= 0.3 is 0 Å². The largest absolute Gasteiger partial charge is 0.490 e. The minimum absolute atomic E-state index is 0.623. The van der Waals surface area contributed by atoms with Crippen molar-refractivity contribution in [2.75, 3.05) is 19.8 Å². The molecule has 30 heavy (non-hydrogen) atoms. The third-order valence-electron chi connectivity index (χ3n) is 5.65. The maximum atomic E-state index is 6.26. The summed E-state index contributed by atoms with van der Waals surface area (Å²) in [6.45, 7) is 14.9. The Labute approximate surface area is 186 Å². The van der Waals surface area contributed by atoms with E-state index in [0.29, 0.717) is 19.8 Å². The van der Waals surface area contributed by atoms with E-state index < -0.39 is 0 Å². The Bertz CT molecular complexity index is 539. The van der Waals surface area contributed by atoms with E-state index in [1.807, 2.05) is 6.92 Å². The Morgan fingerprint density at radius 1 is 0.400 bits per heavy atom. The highest BCUT2D eigenvalue weighted by Crippen LogP contribution is 2.47. The Morgan fingerprint density at radius 2 is 0.733 bits per heavy atom. The Morgan fingerprint density at radius 3 is 1.07 bits per heavy atom. The van der Waals surface area contributed by atoms with Gasteiger partial charge < -0.3 is 14.2 Å². The molecule has 0 unspecified atom stereocenters. The average Bonchev–Trinajstić information content (AvgIpc) is 2.74. The first kappa shape index (κ1) is 26.7. The molecule has 1 rings (SSSR count). The molecule has 0 bridgehead atoms. The summed E-state index contributed by atoms with van der Waals surface area (Å²) in [6, 6.07) is 0. The van der Waals surface area contributed by atoms with Crippen LogP contribution in [0.5, 0.6) is 17.2 Å². The van der Waals surface area contributed by atoms with Crippen LogP contribution in [0.1, 0.15) is 116 Å². The van der Waals surface area contributed by atoms with E-state index in [4.69, 9.17) is 14.2 Å². The second-order valence-corrected chi connectivity index (χ2v) is 8.09. The zero-order valence-corrected chi connectivity index (χ0v) is 20.8. The first-order valence-electron chi connectivity index (χ1n) is 12.8. The Balaban J connectivity index is 3.64. The van der Waals surface area contributed by atoms with Crippen LogP contribution < -0.4 is 14.2 Å². The molecule has 1 aromatic rings. The number of hydrogen-bond acceptors (Lipinski definition) is 3. The van der Waals surface area contributed by atoms with Crippen LogP contribution in [0.25, 0.3) is 0 Å². The molecule has 0 aromatic heterocycles. The highest BCUT2D eigenvalue weighted by Gasteiger charge is 2.26. The molecule has 0 radical (unpaired) electrons. The lowest BCUT2D eigenvalue weighted by Crippen LogP contribution is -2.12. The molecule has 3 heteroatoms. The van der Waals surface area contributed by atoms with Crippen molar-refractivity contribution in [1.82, 2.24) is 0 Å². The van der Waals surface area contributed by atoms with E-state index >= 15 is 0 Å². The Hall–Kier alpha value is -1.38. The van der Waals surface area contributed by atoms with Gasteiger partial charge in [0.25, 0.3) is 0 Å². The van der Waals surface area contributed by atoms with Crippen molar-refractivity contribution in [3.05, 3.63) is 16.7 Å². The average molecular weight is 421 g/mol. The molecular weight excluding hydrogens is 372 g/mol. The molecule has 3 nitrogen and oxygen atoms in total. The van der Waals surface area contributed by atoms with Gasteiger partial charge in [-0.3, -0.25) is 0 Å². The van der Waals surface area contributed by atoms with Crippen LogP contribution in [0.4, 0.5) is 0 Å². The highest BCUT2D eigenvalue weighted by molar-refractivity contribution is 5.64. The zero-order valence-electron chi connectivity index (χ0n) is 20.8. The summed E-state index contributed by atoms with van der Waals surface area (Å²) >= 11 is 0. The second-order valence-electron chi connectivity index (χ2n) is 8.09. The van der Waals surface area contributed by atoms with Crippen molar-refractivity contribution >= 4 is 0 Å². The van der Waals surface area contributed by atoms with Gasteiger partial charge in [-0.05, 0) is 64.9 Å². The van der Waals surface area contributed by atoms with Crippen LogP contribution in [0.15, 0.2) is 0 Å². The molecule has 0 spiro atoms. The monoisotopic (exact) mass is 420 g/mol. The summed E-state index contributed by atoms with van der Waals surface area (Å²) in [4.78, 5) is 0. The van der Waals surface area contributed by atoms with Crippen molar-refractivity contribution in [1.29, 1.82) is 0 Å². The van der Waals surface area contributed by atoms with Crippen LogP contribution in [0.3, 0.4) is 0 Å². The molecule has 1 aromatic carbocycles. The predicted molar refractivity (Wildman–Crippen MR) is 130 cm³/mol. The molecule has 0 amide bonds. The second kappa shape index (κ2) is 16.3. The van der Waals surface area contributed by atoms with E-state index in [2.05, 4.69) is 34.6 Å². The smallest absolute Gasteiger partial charge is 0.204 e. The van der Waals surface area contributed by atoms with E-state index in [-0.39, 0.29) is 0 Å². The third-order valence-corrected chi connectivity index (χ3v) is 5.65. The molecule has 0 aliphatic rings. The summed E-state index contributed by atoms with van der Waals surface area (Å²) in [6.07, 6.45) is 14.3. The third kappa shape index (κ3) is 8.04. The number of benzene rings is 1. The standard InChI is InChI=1S/C27H48O3/c1-7-13-16-19-22-23(20-17-14-8-2)25(28-10-4)27(30-12-6)26(29-11-5)24(22)21-18-15-9-3/h7-21H2,1-6H3. The van der Waals surface area contributed by atoms with Crippen LogP contribution in [-0.2, 0) is 19.3 Å². The summed E-state index contributed by atoms with van der Waals surface area (Å²) in [5, 5.41) is 0. The van der Waals surface area contributed by atoms with Gasteiger partial charge in [0, 0.05) is 11.1 Å². The first-order chi connectivity index (χ1) is 14.7. The minimum Gasteiger partial charge on any atom is -0.490 e. The summed E-state index contributed by atoms with van der Waals surface area (Å²) in [5.74, 6) is 2.74.